The molecule has 0 aromatic heterocycles. The summed E-state index contributed by atoms with van der Waals surface area (Å²) >= 11 is 1.52. The Morgan fingerprint density at radius 1 is 1.71 bits per heavy atom. The first-order valence-corrected chi connectivity index (χ1v) is 2.92. The average molecular weight is 113 g/mol. The van der Waals surface area contributed by atoms with Crippen LogP contribution in [0.25, 0.3) is 0 Å². The smallest absolute Gasteiger partial charge is 0.0988 e. The van der Waals surface area contributed by atoms with Crippen LogP contribution < -0.4 is 0 Å². The third-order valence-corrected chi connectivity index (χ3v) is 1.23. The molecule has 0 bridgehead atoms. The molecule has 0 saturated carbocycles. The van der Waals surface area contributed by atoms with Crippen LogP contribution in [0.15, 0.2) is 16.9 Å². The minimum atomic E-state index is -0.471. The first kappa shape index (κ1) is 4.94. The van der Waals surface area contributed by atoms with Crippen molar-refractivity contribution in [1.82, 2.24) is 0 Å². The molecule has 0 fully saturated rings. The predicted octanol–water partition coefficient (Wildman–Crippen LogP) is 0.925. The molecule has 0 aromatic rings. The lowest BCUT2D eigenvalue weighted by Gasteiger charge is -1.97. The Hall–Kier alpha value is -0.210. The maximum atomic E-state index is 8.67. The molecule has 2 heteroatoms. The molecule has 1 N–H and O–H groups in total. The molecule has 1 rings (SSSR count). The summed E-state index contributed by atoms with van der Waals surface area (Å²) in [5.74, 6) is 0. The van der Waals surface area contributed by atoms with Gasteiger partial charge in [-0.25, -0.2) is 0 Å². The normalized spacial score (nSPS) is 20.7. The second-order valence-electron chi connectivity index (χ2n) is 1.19. The van der Waals surface area contributed by atoms with Crippen molar-refractivity contribution in [2.45, 2.75) is 6.10 Å². The zero-order chi connectivity index (χ0) is 5.11. The van der Waals surface area contributed by atoms with Crippen molar-refractivity contribution < 1.29 is 5.11 Å². The first-order valence-electron chi connectivity index (χ1n) is 1.97. The second kappa shape index (κ2) is 2.19. The van der Waals surface area contributed by atoms with Crippen LogP contribution in [-0.2, 0) is 0 Å². The van der Waals surface area contributed by atoms with E-state index in [4.69, 9.17) is 5.11 Å². The van der Waals surface area contributed by atoms with Crippen molar-refractivity contribution in [2.75, 3.05) is 0 Å². The Morgan fingerprint density at radius 2 is 2.57 bits per heavy atom. The summed E-state index contributed by atoms with van der Waals surface area (Å²) < 4.78 is 0. The molecule has 0 spiro atoms. The molecule has 1 atom stereocenters. The van der Waals surface area contributed by atoms with Crippen LogP contribution in [0.5, 0.6) is 0 Å². The maximum Gasteiger partial charge on any atom is 0.0988 e. The lowest BCUT2D eigenvalue weighted by Crippen LogP contribution is -1.97. The maximum absolute atomic E-state index is 8.67. The molecule has 0 aromatic carbocycles. The molecule has 1 unspecified atom stereocenters. The van der Waals surface area contributed by atoms with Crippen LogP contribution in [0.1, 0.15) is 0 Å². The van der Waals surface area contributed by atoms with Gasteiger partial charge in [0.2, 0.25) is 0 Å². The van der Waals surface area contributed by atoms with E-state index < -0.39 is 6.10 Å². The highest BCUT2D eigenvalue weighted by atomic mass is 32.2. The first-order chi connectivity index (χ1) is 3.39. The summed E-state index contributed by atoms with van der Waals surface area (Å²) in [4.78, 5) is 0. The second-order valence-corrected chi connectivity index (χ2v) is 1.97. The fourth-order valence-electron chi connectivity index (χ4n) is 0.324. The molecule has 1 radical (unpaired) electrons. The number of thioether (sulfide) groups is 1. The summed E-state index contributed by atoms with van der Waals surface area (Å²) in [6.45, 7) is 0. The Balaban J connectivity index is 2.49. The van der Waals surface area contributed by atoms with Gasteiger partial charge in [0.05, 0.1) is 6.10 Å². The Bertz CT molecular complexity index is 94.6. The van der Waals surface area contributed by atoms with E-state index in [0.717, 1.165) is 0 Å². The molecule has 37 valence electrons. The van der Waals surface area contributed by atoms with Gasteiger partial charge >= 0.3 is 0 Å². The van der Waals surface area contributed by atoms with Crippen molar-refractivity contribution in [3.05, 3.63) is 23.0 Å². The van der Waals surface area contributed by atoms with E-state index in [2.05, 4.69) is 6.08 Å². The molecule has 0 saturated heterocycles. The zero-order valence-corrected chi connectivity index (χ0v) is 4.48. The molecule has 1 heterocycles. The monoisotopic (exact) mass is 113 g/mol. The zero-order valence-electron chi connectivity index (χ0n) is 3.66. The van der Waals surface area contributed by atoms with Crippen molar-refractivity contribution in [3.63, 3.8) is 0 Å². The minimum Gasteiger partial charge on any atom is -0.384 e. The summed E-state index contributed by atoms with van der Waals surface area (Å²) in [6, 6.07) is 0. The molecular weight excluding hydrogens is 108 g/mol. The van der Waals surface area contributed by atoms with Crippen molar-refractivity contribution >= 4 is 11.8 Å². The van der Waals surface area contributed by atoms with E-state index in [1.165, 1.54) is 11.8 Å². The number of rotatable bonds is 0. The van der Waals surface area contributed by atoms with Gasteiger partial charge in [-0.1, -0.05) is 0 Å². The predicted molar refractivity (Wildman–Crippen MR) is 30.6 cm³/mol. The molecule has 7 heavy (non-hydrogen) atoms. The van der Waals surface area contributed by atoms with Crippen molar-refractivity contribution in [2.24, 2.45) is 0 Å². The van der Waals surface area contributed by atoms with Crippen LogP contribution in [0.2, 0.25) is 0 Å². The van der Waals surface area contributed by atoms with E-state index in [9.17, 15) is 0 Å². The summed E-state index contributed by atoms with van der Waals surface area (Å²) in [6.07, 6.45) is 3.90. The molecule has 1 nitrogen and oxygen atoms in total. The van der Waals surface area contributed by atoms with Crippen LogP contribution >= 0.6 is 11.8 Å². The van der Waals surface area contributed by atoms with Gasteiger partial charge < -0.3 is 5.11 Å². The van der Waals surface area contributed by atoms with E-state index in [1.807, 2.05) is 5.41 Å². The van der Waals surface area contributed by atoms with Gasteiger partial charge in [0, 0.05) is 0 Å². The van der Waals surface area contributed by atoms with Crippen LogP contribution in [0, 0.1) is 6.08 Å². The molecule has 1 aliphatic rings. The van der Waals surface area contributed by atoms with Gasteiger partial charge in [-0.05, 0) is 23.0 Å². The summed E-state index contributed by atoms with van der Waals surface area (Å²) in [7, 11) is 0. The Labute approximate surface area is 46.7 Å². The van der Waals surface area contributed by atoms with Crippen LogP contribution in [0.4, 0.5) is 0 Å². The van der Waals surface area contributed by atoms with Gasteiger partial charge in [0.1, 0.15) is 0 Å². The van der Waals surface area contributed by atoms with Crippen LogP contribution in [-0.4, -0.2) is 11.2 Å². The van der Waals surface area contributed by atoms with Gasteiger partial charge in [-0.15, -0.1) is 11.8 Å². The topological polar surface area (TPSA) is 20.2 Å². The Kier molecular flexibility index (Phi) is 1.54. The fraction of sp³-hybridized carbons (Fsp3) is 0.200. The van der Waals surface area contributed by atoms with E-state index >= 15 is 0 Å². The van der Waals surface area contributed by atoms with Crippen LogP contribution in [0.3, 0.4) is 0 Å². The highest BCUT2D eigenvalue weighted by Gasteiger charge is 1.93. The lowest BCUT2D eigenvalue weighted by molar-refractivity contribution is 0.265. The van der Waals surface area contributed by atoms with Crippen molar-refractivity contribution in [1.29, 1.82) is 0 Å². The lowest BCUT2D eigenvalue weighted by atomic mass is 10.3. The van der Waals surface area contributed by atoms with Gasteiger partial charge in [-0.3, -0.25) is 0 Å². The minimum absolute atomic E-state index is 0.471. The molecular formula is C5H5OS. The number of hydrogen-bond donors (Lipinski definition) is 1. The largest absolute Gasteiger partial charge is 0.384 e. The van der Waals surface area contributed by atoms with Gasteiger partial charge in [0.15, 0.2) is 0 Å². The third kappa shape index (κ3) is 1.37. The molecule has 1 aliphatic heterocycles. The molecule has 0 aliphatic carbocycles. The number of aliphatic hydroxyl groups is 1. The standard InChI is InChI=1S/C5H5OS/c6-5-1-3-7-4-2-5/h1,3-6H. The third-order valence-electron chi connectivity index (χ3n) is 0.646. The van der Waals surface area contributed by atoms with Crippen molar-refractivity contribution in [3.8, 4) is 0 Å². The van der Waals surface area contributed by atoms with Gasteiger partial charge in [-0.2, -0.15) is 0 Å². The van der Waals surface area contributed by atoms with E-state index in [0.29, 0.717) is 0 Å². The summed E-state index contributed by atoms with van der Waals surface area (Å²) in [5.41, 5.74) is 0. The van der Waals surface area contributed by atoms with E-state index in [1.54, 1.807) is 11.5 Å². The average Bonchev–Trinajstić information content (AvgIpc) is 1.69. The quantitative estimate of drug-likeness (QED) is 0.504. The summed E-state index contributed by atoms with van der Waals surface area (Å²) in [5, 5.41) is 12.2. The molecule has 0 amide bonds. The number of aliphatic hydroxyl groups excluding tert-OH is 1. The van der Waals surface area contributed by atoms with E-state index in [-0.39, 0.29) is 0 Å². The highest BCUT2D eigenvalue weighted by Crippen LogP contribution is 2.10. The van der Waals surface area contributed by atoms with Gasteiger partial charge in [0.25, 0.3) is 0 Å². The number of hydrogen-bond acceptors (Lipinski definition) is 2. The SMILES string of the molecule is OC1[C]=CSC=C1. The highest BCUT2D eigenvalue weighted by molar-refractivity contribution is 8.04. The fourth-order valence-corrected chi connectivity index (χ4v) is 0.860. The Morgan fingerprint density at radius 3 is 2.86 bits per heavy atom.